The van der Waals surface area contributed by atoms with Crippen LogP contribution < -0.4 is 5.73 Å². The summed E-state index contributed by atoms with van der Waals surface area (Å²) in [5.41, 5.74) is 8.26. The van der Waals surface area contributed by atoms with E-state index in [9.17, 15) is 17.2 Å². The van der Waals surface area contributed by atoms with E-state index in [1.54, 1.807) is 24.5 Å². The number of sulfonamides is 1. The van der Waals surface area contributed by atoms with Crippen LogP contribution in [0.15, 0.2) is 35.6 Å². The molecular weight excluding hydrogens is 404 g/mol. The minimum Gasteiger partial charge on any atom is -0.384 e. The Bertz CT molecular complexity index is 1140. The van der Waals surface area contributed by atoms with E-state index in [2.05, 4.69) is 20.3 Å². The van der Waals surface area contributed by atoms with Crippen molar-refractivity contribution in [1.82, 2.24) is 29.3 Å². The summed E-state index contributed by atoms with van der Waals surface area (Å²) in [5.74, 6) is 0.249. The van der Waals surface area contributed by atoms with Gasteiger partial charge in [0.1, 0.15) is 10.7 Å². The first-order valence-corrected chi connectivity index (χ1v) is 10.3. The number of rotatable bonds is 5. The number of anilines is 1. The lowest BCUT2D eigenvalue weighted by Crippen LogP contribution is -2.29. The highest BCUT2D eigenvalue weighted by atomic mass is 32.2. The molecule has 9 nitrogen and oxygen atoms in total. The van der Waals surface area contributed by atoms with Gasteiger partial charge >= 0.3 is 6.55 Å². The molecule has 0 aromatic carbocycles. The van der Waals surface area contributed by atoms with Gasteiger partial charge in [-0.05, 0) is 31.0 Å². The normalized spacial score (nSPS) is 18.0. The maximum Gasteiger partial charge on any atom is 0.333 e. The molecule has 3 N–H and O–H groups in total. The van der Waals surface area contributed by atoms with Crippen molar-refractivity contribution in [3.05, 3.63) is 42.1 Å². The maximum atomic E-state index is 13.0. The SMILES string of the molecule is Cc1nn(C(F)F)cc1S(=O)(=O)N1CC[C@H](c2[nH]ncc2-c2ccnc(N)c2)C1. The molecule has 3 aromatic rings. The Morgan fingerprint density at radius 3 is 2.86 bits per heavy atom. The van der Waals surface area contributed by atoms with Crippen LogP contribution >= 0.6 is 0 Å². The smallest absolute Gasteiger partial charge is 0.333 e. The monoisotopic (exact) mass is 423 g/mol. The average molecular weight is 423 g/mol. The molecule has 1 saturated heterocycles. The lowest BCUT2D eigenvalue weighted by atomic mass is 9.97. The van der Waals surface area contributed by atoms with E-state index in [-0.39, 0.29) is 29.6 Å². The highest BCUT2D eigenvalue weighted by molar-refractivity contribution is 7.89. The Morgan fingerprint density at radius 1 is 1.38 bits per heavy atom. The van der Waals surface area contributed by atoms with E-state index >= 15 is 0 Å². The second-order valence-electron chi connectivity index (χ2n) is 6.85. The van der Waals surface area contributed by atoms with E-state index in [0.29, 0.717) is 16.9 Å². The largest absolute Gasteiger partial charge is 0.384 e. The van der Waals surface area contributed by atoms with E-state index < -0.39 is 16.6 Å². The lowest BCUT2D eigenvalue weighted by molar-refractivity contribution is 0.0561. The van der Waals surface area contributed by atoms with Crippen LogP contribution in [0.1, 0.15) is 30.3 Å². The highest BCUT2D eigenvalue weighted by Crippen LogP contribution is 2.36. The van der Waals surface area contributed by atoms with Crippen LogP contribution in [0.25, 0.3) is 11.1 Å². The predicted octanol–water partition coefficient (Wildman–Crippen LogP) is 2.13. The van der Waals surface area contributed by atoms with E-state index in [1.165, 1.54) is 11.2 Å². The number of hydrogen-bond acceptors (Lipinski definition) is 6. The Hall–Kier alpha value is -2.86. The van der Waals surface area contributed by atoms with Gasteiger partial charge < -0.3 is 5.73 Å². The first-order valence-electron chi connectivity index (χ1n) is 8.86. The summed E-state index contributed by atoms with van der Waals surface area (Å²) in [5, 5.41) is 10.7. The van der Waals surface area contributed by atoms with Crippen molar-refractivity contribution in [1.29, 1.82) is 0 Å². The zero-order valence-electron chi connectivity index (χ0n) is 15.5. The zero-order chi connectivity index (χ0) is 20.8. The molecule has 154 valence electrons. The molecule has 1 fully saturated rings. The molecule has 1 aliphatic heterocycles. The van der Waals surface area contributed by atoms with E-state index in [0.717, 1.165) is 23.0 Å². The number of halogens is 2. The number of H-pyrrole nitrogens is 1. The molecule has 3 aromatic heterocycles. The van der Waals surface area contributed by atoms with Gasteiger partial charge in [0.15, 0.2) is 0 Å². The van der Waals surface area contributed by atoms with E-state index in [4.69, 9.17) is 5.73 Å². The number of nitrogens with two attached hydrogens (primary N) is 1. The van der Waals surface area contributed by atoms with Gasteiger partial charge in [0.2, 0.25) is 10.0 Å². The number of aryl methyl sites for hydroxylation is 1. The molecule has 0 amide bonds. The standard InChI is InChI=1S/C17H19F2N7O2S/c1-10-14(9-26(24-10)17(18)19)29(27,28)25-5-3-12(8-25)16-13(7-22-23-16)11-2-4-21-15(20)6-11/h2,4,6-7,9,12,17H,3,5,8H2,1H3,(H2,20,21)(H,22,23)/t12-/m0/s1. The summed E-state index contributed by atoms with van der Waals surface area (Å²) in [4.78, 5) is 3.77. The fraction of sp³-hybridized carbons (Fsp3) is 0.353. The Morgan fingerprint density at radius 2 is 2.17 bits per heavy atom. The molecule has 0 radical (unpaired) electrons. The molecule has 1 aliphatic rings. The van der Waals surface area contributed by atoms with Crippen molar-refractivity contribution in [2.45, 2.75) is 30.7 Å². The summed E-state index contributed by atoms with van der Waals surface area (Å²) in [6.45, 7) is -1.02. The quantitative estimate of drug-likeness (QED) is 0.648. The molecule has 12 heteroatoms. The third-order valence-corrected chi connectivity index (χ3v) is 6.98. The fourth-order valence-electron chi connectivity index (χ4n) is 3.59. The highest BCUT2D eigenvalue weighted by Gasteiger charge is 2.37. The van der Waals surface area contributed by atoms with Gasteiger partial charge in [0.05, 0.1) is 18.1 Å². The van der Waals surface area contributed by atoms with Crippen molar-refractivity contribution >= 4 is 15.8 Å². The zero-order valence-corrected chi connectivity index (χ0v) is 16.3. The number of aromatic nitrogens is 5. The van der Waals surface area contributed by atoms with Crippen LogP contribution in [0.5, 0.6) is 0 Å². The second-order valence-corrected chi connectivity index (χ2v) is 8.76. The minimum atomic E-state index is -3.94. The topological polar surface area (TPSA) is 123 Å². The van der Waals surface area contributed by atoms with Gasteiger partial charge in [-0.3, -0.25) is 5.10 Å². The summed E-state index contributed by atoms with van der Waals surface area (Å²) in [6.07, 6.45) is 4.70. The molecule has 0 saturated carbocycles. The van der Waals surface area contributed by atoms with Crippen molar-refractivity contribution in [3.63, 3.8) is 0 Å². The summed E-state index contributed by atoms with van der Waals surface area (Å²) in [6, 6.07) is 3.52. The van der Waals surface area contributed by atoms with Crippen LogP contribution in [0.4, 0.5) is 14.6 Å². The molecule has 4 rings (SSSR count). The van der Waals surface area contributed by atoms with Crippen LogP contribution in [-0.2, 0) is 10.0 Å². The van der Waals surface area contributed by atoms with Gasteiger partial charge in [0, 0.05) is 36.5 Å². The fourth-order valence-corrected chi connectivity index (χ4v) is 5.25. The number of nitrogen functional groups attached to an aromatic ring is 1. The van der Waals surface area contributed by atoms with Gasteiger partial charge in [-0.25, -0.2) is 18.1 Å². The number of hydrogen-bond donors (Lipinski definition) is 2. The Labute approximate surface area is 165 Å². The molecule has 0 bridgehead atoms. The summed E-state index contributed by atoms with van der Waals surface area (Å²) in [7, 11) is -3.94. The molecule has 0 aliphatic carbocycles. The van der Waals surface area contributed by atoms with Crippen LogP contribution in [0, 0.1) is 6.92 Å². The maximum absolute atomic E-state index is 13.0. The third kappa shape index (κ3) is 3.49. The Balaban J connectivity index is 1.60. The molecule has 1 atom stereocenters. The van der Waals surface area contributed by atoms with Gasteiger partial charge in [-0.1, -0.05) is 0 Å². The first kappa shape index (κ1) is 19.5. The van der Waals surface area contributed by atoms with Crippen molar-refractivity contribution < 1.29 is 17.2 Å². The van der Waals surface area contributed by atoms with Gasteiger partial charge in [-0.15, -0.1) is 0 Å². The first-order chi connectivity index (χ1) is 13.8. The minimum absolute atomic E-state index is 0.0447. The number of nitrogens with zero attached hydrogens (tertiary/aromatic N) is 5. The molecule has 0 unspecified atom stereocenters. The molecule has 29 heavy (non-hydrogen) atoms. The van der Waals surface area contributed by atoms with Crippen molar-refractivity contribution in [3.8, 4) is 11.1 Å². The van der Waals surface area contributed by atoms with Crippen molar-refractivity contribution in [2.24, 2.45) is 0 Å². The number of pyridine rings is 1. The van der Waals surface area contributed by atoms with Crippen LogP contribution in [-0.4, -0.2) is 50.8 Å². The van der Waals surface area contributed by atoms with Crippen LogP contribution in [0.2, 0.25) is 0 Å². The third-order valence-electron chi connectivity index (χ3n) is 5.01. The van der Waals surface area contributed by atoms with Gasteiger partial charge in [0.25, 0.3) is 0 Å². The van der Waals surface area contributed by atoms with E-state index in [1.807, 2.05) is 0 Å². The second kappa shape index (κ2) is 7.19. The predicted molar refractivity (Wildman–Crippen MR) is 101 cm³/mol. The molecular formula is C17H19F2N7O2S. The Kier molecular flexibility index (Phi) is 4.82. The lowest BCUT2D eigenvalue weighted by Gasteiger charge is -2.16. The summed E-state index contributed by atoms with van der Waals surface area (Å²) >= 11 is 0. The van der Waals surface area contributed by atoms with Crippen LogP contribution in [0.3, 0.4) is 0 Å². The molecule has 0 spiro atoms. The van der Waals surface area contributed by atoms with Gasteiger partial charge in [-0.2, -0.15) is 23.3 Å². The number of alkyl halides is 2. The number of aromatic amines is 1. The van der Waals surface area contributed by atoms with Crippen molar-refractivity contribution in [2.75, 3.05) is 18.8 Å². The molecule has 4 heterocycles. The average Bonchev–Trinajstić information content (AvgIpc) is 3.40. The summed E-state index contributed by atoms with van der Waals surface area (Å²) < 4.78 is 53.4. The number of nitrogens with one attached hydrogen (secondary N) is 1.